The Morgan fingerprint density at radius 1 is 1.42 bits per heavy atom. The van der Waals surface area contributed by atoms with E-state index in [0.29, 0.717) is 11.4 Å². The van der Waals surface area contributed by atoms with E-state index in [4.69, 9.17) is 5.73 Å². The first-order chi connectivity index (χ1) is 9.19. The molecule has 2 N–H and O–H groups in total. The molecule has 3 aromatic rings. The van der Waals surface area contributed by atoms with Gasteiger partial charge >= 0.3 is 0 Å². The molecule has 0 spiro atoms. The third-order valence-corrected chi connectivity index (χ3v) is 4.08. The molecule has 0 aromatic carbocycles. The topological polar surface area (TPSA) is 78.7 Å². The number of aromatic nitrogens is 4. The molecule has 0 aliphatic rings. The smallest absolute Gasteiger partial charge is 0.258 e. The van der Waals surface area contributed by atoms with Crippen molar-refractivity contribution in [3.05, 3.63) is 35.5 Å². The molecule has 3 rings (SSSR count). The van der Waals surface area contributed by atoms with E-state index in [2.05, 4.69) is 21.5 Å². The molecule has 3 heterocycles. The molecule has 3 aromatic heterocycles. The van der Waals surface area contributed by atoms with Gasteiger partial charge in [0.1, 0.15) is 4.83 Å². The van der Waals surface area contributed by atoms with Gasteiger partial charge in [-0.3, -0.25) is 4.79 Å². The minimum atomic E-state index is -0.409. The number of primary amides is 1. The molecular formula is C12H13N5OS. The van der Waals surface area contributed by atoms with Crippen LogP contribution in [0.5, 0.6) is 0 Å². The number of aryl methyl sites for hydroxylation is 1. The van der Waals surface area contributed by atoms with Crippen molar-refractivity contribution in [1.29, 1.82) is 0 Å². The summed E-state index contributed by atoms with van der Waals surface area (Å²) in [6, 6.07) is 1.79. The van der Waals surface area contributed by atoms with Crippen LogP contribution in [0.1, 0.15) is 22.3 Å². The van der Waals surface area contributed by atoms with E-state index in [1.54, 1.807) is 12.4 Å². The van der Waals surface area contributed by atoms with E-state index in [1.165, 1.54) is 11.3 Å². The number of amides is 1. The van der Waals surface area contributed by atoms with Crippen LogP contribution in [0.4, 0.5) is 0 Å². The van der Waals surface area contributed by atoms with Gasteiger partial charge in [-0.15, -0.1) is 11.3 Å². The van der Waals surface area contributed by atoms with Gasteiger partial charge in [0, 0.05) is 12.7 Å². The van der Waals surface area contributed by atoms with Gasteiger partial charge in [-0.05, 0) is 13.0 Å². The monoisotopic (exact) mass is 275 g/mol. The lowest BCUT2D eigenvalue weighted by atomic mass is 10.4. The number of imidazole rings is 2. The van der Waals surface area contributed by atoms with Crippen molar-refractivity contribution < 1.29 is 4.79 Å². The van der Waals surface area contributed by atoms with Crippen LogP contribution in [0.15, 0.2) is 24.9 Å². The maximum absolute atomic E-state index is 11.2. The second-order valence-corrected chi connectivity index (χ2v) is 5.24. The van der Waals surface area contributed by atoms with E-state index in [9.17, 15) is 4.79 Å². The molecule has 1 amide bonds. The highest BCUT2D eigenvalue weighted by atomic mass is 32.1. The standard InChI is InChI=1S/C12H13N5OS/c1-2-16-6-14-4-8(16)5-17-7-15-12-9(17)3-10(19-12)11(13)18/h3-4,6-7H,2,5H2,1H3,(H2,13,18). The van der Waals surface area contributed by atoms with Crippen molar-refractivity contribution in [2.45, 2.75) is 20.0 Å². The summed E-state index contributed by atoms with van der Waals surface area (Å²) in [5.41, 5.74) is 7.33. The molecule has 0 radical (unpaired) electrons. The summed E-state index contributed by atoms with van der Waals surface area (Å²) in [5.74, 6) is -0.409. The number of fused-ring (bicyclic) bond motifs is 1. The number of carbonyl (C=O) groups excluding carboxylic acids is 1. The Morgan fingerprint density at radius 3 is 3.00 bits per heavy atom. The predicted molar refractivity (Wildman–Crippen MR) is 73.1 cm³/mol. The third-order valence-electron chi connectivity index (χ3n) is 3.03. The first kappa shape index (κ1) is 11.9. The molecule has 0 fully saturated rings. The normalized spacial score (nSPS) is 11.2. The fourth-order valence-corrected chi connectivity index (χ4v) is 2.90. The summed E-state index contributed by atoms with van der Waals surface area (Å²) in [4.78, 5) is 21.0. The fraction of sp³-hybridized carbons (Fsp3) is 0.250. The van der Waals surface area contributed by atoms with Crippen molar-refractivity contribution in [2.75, 3.05) is 0 Å². The maximum atomic E-state index is 11.2. The van der Waals surface area contributed by atoms with Gasteiger partial charge in [0.2, 0.25) is 0 Å². The third kappa shape index (κ3) is 2.01. The Labute approximate surface area is 113 Å². The Bertz CT molecular complexity index is 738. The van der Waals surface area contributed by atoms with Crippen molar-refractivity contribution in [1.82, 2.24) is 19.1 Å². The van der Waals surface area contributed by atoms with Gasteiger partial charge in [0.25, 0.3) is 5.91 Å². The Kier molecular flexibility index (Phi) is 2.83. The fourth-order valence-electron chi connectivity index (χ4n) is 2.04. The van der Waals surface area contributed by atoms with Gasteiger partial charge in [0.15, 0.2) is 0 Å². The zero-order valence-corrected chi connectivity index (χ0v) is 11.2. The van der Waals surface area contributed by atoms with Gasteiger partial charge in [0.05, 0.1) is 35.3 Å². The van der Waals surface area contributed by atoms with Crippen LogP contribution < -0.4 is 5.73 Å². The quantitative estimate of drug-likeness (QED) is 0.783. The summed E-state index contributed by atoms with van der Waals surface area (Å²) < 4.78 is 4.08. The van der Waals surface area contributed by atoms with Crippen molar-refractivity contribution in [3.63, 3.8) is 0 Å². The van der Waals surface area contributed by atoms with Crippen molar-refractivity contribution in [3.8, 4) is 0 Å². The molecule has 19 heavy (non-hydrogen) atoms. The molecule has 0 aliphatic heterocycles. The Hall–Kier alpha value is -2.15. The zero-order chi connectivity index (χ0) is 13.4. The minimum Gasteiger partial charge on any atom is -0.365 e. The van der Waals surface area contributed by atoms with Gasteiger partial charge in [-0.2, -0.15) is 0 Å². The van der Waals surface area contributed by atoms with Crippen LogP contribution in [0, 0.1) is 0 Å². The highest BCUT2D eigenvalue weighted by Gasteiger charge is 2.12. The van der Waals surface area contributed by atoms with Crippen LogP contribution in [-0.2, 0) is 13.1 Å². The number of rotatable bonds is 4. The average Bonchev–Trinajstić information content (AvgIpc) is 3.06. The van der Waals surface area contributed by atoms with Gasteiger partial charge in [-0.25, -0.2) is 9.97 Å². The molecule has 0 saturated carbocycles. The number of nitrogens with zero attached hydrogens (tertiary/aromatic N) is 4. The van der Waals surface area contributed by atoms with E-state index in [0.717, 1.165) is 22.6 Å². The van der Waals surface area contributed by atoms with E-state index >= 15 is 0 Å². The van der Waals surface area contributed by atoms with Crippen LogP contribution >= 0.6 is 11.3 Å². The predicted octanol–water partition coefficient (Wildman–Crippen LogP) is 1.46. The first-order valence-corrected chi connectivity index (χ1v) is 6.74. The molecular weight excluding hydrogens is 262 g/mol. The van der Waals surface area contributed by atoms with Crippen LogP contribution in [-0.4, -0.2) is 25.0 Å². The van der Waals surface area contributed by atoms with Crippen LogP contribution in [0.25, 0.3) is 10.3 Å². The first-order valence-electron chi connectivity index (χ1n) is 5.92. The number of nitrogens with two attached hydrogens (primary N) is 1. The summed E-state index contributed by atoms with van der Waals surface area (Å²) in [6.07, 6.45) is 5.43. The lowest BCUT2D eigenvalue weighted by Gasteiger charge is -2.06. The molecule has 0 saturated heterocycles. The summed E-state index contributed by atoms with van der Waals surface area (Å²) >= 11 is 1.32. The number of hydrogen-bond donors (Lipinski definition) is 1. The summed E-state index contributed by atoms with van der Waals surface area (Å²) in [6.45, 7) is 3.63. The second-order valence-electron chi connectivity index (χ2n) is 4.21. The number of thiophene rings is 1. The van der Waals surface area contributed by atoms with E-state index < -0.39 is 5.91 Å². The van der Waals surface area contributed by atoms with Crippen LogP contribution in [0.2, 0.25) is 0 Å². The molecule has 0 bridgehead atoms. The lowest BCUT2D eigenvalue weighted by molar-refractivity contribution is 0.100. The highest BCUT2D eigenvalue weighted by molar-refractivity contribution is 7.20. The molecule has 0 atom stereocenters. The largest absolute Gasteiger partial charge is 0.365 e. The van der Waals surface area contributed by atoms with Crippen LogP contribution in [0.3, 0.4) is 0 Å². The number of hydrogen-bond acceptors (Lipinski definition) is 4. The molecule has 6 nitrogen and oxygen atoms in total. The minimum absolute atomic E-state index is 0.409. The second kappa shape index (κ2) is 4.51. The molecule has 98 valence electrons. The van der Waals surface area contributed by atoms with Gasteiger partial charge in [-0.1, -0.05) is 0 Å². The molecule has 0 unspecified atom stereocenters. The van der Waals surface area contributed by atoms with Crippen molar-refractivity contribution >= 4 is 27.6 Å². The number of carbonyl (C=O) groups is 1. The van der Waals surface area contributed by atoms with Crippen molar-refractivity contribution in [2.24, 2.45) is 5.73 Å². The SMILES string of the molecule is CCn1cncc1Cn1cnc2sc(C(N)=O)cc21. The maximum Gasteiger partial charge on any atom is 0.258 e. The van der Waals surface area contributed by atoms with E-state index in [-0.39, 0.29) is 0 Å². The Morgan fingerprint density at radius 2 is 2.26 bits per heavy atom. The zero-order valence-electron chi connectivity index (χ0n) is 10.4. The van der Waals surface area contributed by atoms with Gasteiger partial charge < -0.3 is 14.9 Å². The summed E-state index contributed by atoms with van der Waals surface area (Å²) in [7, 11) is 0. The van der Waals surface area contributed by atoms with E-state index in [1.807, 2.05) is 17.1 Å². The molecule has 0 aliphatic carbocycles. The Balaban J connectivity index is 1.99. The average molecular weight is 275 g/mol. The summed E-state index contributed by atoms with van der Waals surface area (Å²) in [5, 5.41) is 0. The molecule has 7 heteroatoms. The highest BCUT2D eigenvalue weighted by Crippen LogP contribution is 2.24. The lowest BCUT2D eigenvalue weighted by Crippen LogP contribution is -2.08.